The van der Waals surface area contributed by atoms with Gasteiger partial charge in [0.2, 0.25) is 5.91 Å². The predicted octanol–water partition coefficient (Wildman–Crippen LogP) is 1.18. The van der Waals surface area contributed by atoms with Crippen LogP contribution in [0, 0.1) is 11.8 Å². The maximum absolute atomic E-state index is 12.0. The molecule has 1 fully saturated rings. The Labute approximate surface area is 104 Å². The van der Waals surface area contributed by atoms with Gasteiger partial charge >= 0.3 is 5.97 Å². The van der Waals surface area contributed by atoms with Gasteiger partial charge in [-0.2, -0.15) is 0 Å². The number of carboxylic acids is 1. The number of hydrogen-bond acceptors (Lipinski definition) is 4. The molecule has 2 rings (SSSR count). The summed E-state index contributed by atoms with van der Waals surface area (Å²) in [6.45, 7) is 0.252. The minimum absolute atomic E-state index is 0.210. The van der Waals surface area contributed by atoms with Gasteiger partial charge in [0.05, 0.1) is 24.6 Å². The van der Waals surface area contributed by atoms with E-state index in [0.29, 0.717) is 18.6 Å². The number of carboxylic acid groups (broad SMARTS) is 1. The number of aliphatic carboxylic acids is 1. The smallest absolute Gasteiger partial charge is 0.307 e. The Kier molecular flexibility index (Phi) is 3.96. The molecule has 0 aliphatic heterocycles. The van der Waals surface area contributed by atoms with E-state index in [0.717, 1.165) is 12.8 Å². The van der Waals surface area contributed by atoms with Gasteiger partial charge in [0.1, 0.15) is 0 Å². The standard InChI is InChI=1S/C12H16N2O4/c15-11(13-7-8-5-6-14-18-8)9-3-1-2-4-10(9)12(16)17/h5-6,9-10H,1-4,7H2,(H,13,15)(H,16,17). The molecular formula is C12H16N2O4. The second-order valence-electron chi connectivity index (χ2n) is 4.53. The molecule has 1 saturated carbocycles. The lowest BCUT2D eigenvalue weighted by atomic mass is 9.79. The lowest BCUT2D eigenvalue weighted by molar-refractivity contribution is -0.149. The summed E-state index contributed by atoms with van der Waals surface area (Å²) in [6, 6.07) is 1.66. The first-order valence-electron chi connectivity index (χ1n) is 6.08. The molecule has 0 spiro atoms. The van der Waals surface area contributed by atoms with E-state index >= 15 is 0 Å². The second-order valence-corrected chi connectivity index (χ2v) is 4.53. The van der Waals surface area contributed by atoms with Crippen LogP contribution in [-0.2, 0) is 16.1 Å². The van der Waals surface area contributed by atoms with Crippen LogP contribution in [-0.4, -0.2) is 22.1 Å². The van der Waals surface area contributed by atoms with Crippen molar-refractivity contribution in [2.45, 2.75) is 32.2 Å². The molecule has 2 N–H and O–H groups in total. The largest absolute Gasteiger partial charge is 0.481 e. The molecule has 98 valence electrons. The van der Waals surface area contributed by atoms with Crippen LogP contribution in [0.2, 0.25) is 0 Å². The quantitative estimate of drug-likeness (QED) is 0.839. The Morgan fingerprint density at radius 1 is 1.39 bits per heavy atom. The number of nitrogens with zero attached hydrogens (tertiary/aromatic N) is 1. The summed E-state index contributed by atoms with van der Waals surface area (Å²) in [5.41, 5.74) is 0. The van der Waals surface area contributed by atoms with E-state index in [1.54, 1.807) is 6.07 Å². The van der Waals surface area contributed by atoms with Crippen molar-refractivity contribution < 1.29 is 19.2 Å². The van der Waals surface area contributed by atoms with Gasteiger partial charge in [-0.25, -0.2) is 0 Å². The third kappa shape index (κ3) is 2.88. The van der Waals surface area contributed by atoms with Crippen LogP contribution >= 0.6 is 0 Å². The van der Waals surface area contributed by atoms with Crippen LogP contribution in [0.5, 0.6) is 0 Å². The van der Waals surface area contributed by atoms with Crippen molar-refractivity contribution >= 4 is 11.9 Å². The summed E-state index contributed by atoms with van der Waals surface area (Å²) in [5.74, 6) is -1.52. The van der Waals surface area contributed by atoms with Crippen molar-refractivity contribution in [2.24, 2.45) is 11.8 Å². The fraction of sp³-hybridized carbons (Fsp3) is 0.583. The summed E-state index contributed by atoms with van der Waals surface area (Å²) < 4.78 is 4.86. The van der Waals surface area contributed by atoms with Gasteiger partial charge in [-0.15, -0.1) is 0 Å². The van der Waals surface area contributed by atoms with Crippen LogP contribution in [0.4, 0.5) is 0 Å². The van der Waals surface area contributed by atoms with Crippen LogP contribution in [0.3, 0.4) is 0 Å². The molecule has 1 aromatic rings. The molecule has 0 saturated heterocycles. The van der Waals surface area contributed by atoms with E-state index in [2.05, 4.69) is 10.5 Å². The summed E-state index contributed by atoms with van der Waals surface area (Å²) in [7, 11) is 0. The van der Waals surface area contributed by atoms with E-state index in [-0.39, 0.29) is 12.5 Å². The van der Waals surface area contributed by atoms with Gasteiger partial charge in [-0.05, 0) is 12.8 Å². The first kappa shape index (κ1) is 12.6. The summed E-state index contributed by atoms with van der Waals surface area (Å²) in [4.78, 5) is 23.1. The van der Waals surface area contributed by atoms with Gasteiger partial charge in [0, 0.05) is 6.07 Å². The molecule has 2 atom stereocenters. The van der Waals surface area contributed by atoms with Crippen LogP contribution in [0.1, 0.15) is 31.4 Å². The molecule has 6 nitrogen and oxygen atoms in total. The normalized spacial score (nSPS) is 23.6. The number of carbonyl (C=O) groups excluding carboxylic acids is 1. The Bertz CT molecular complexity index is 416. The third-order valence-corrected chi connectivity index (χ3v) is 3.35. The van der Waals surface area contributed by atoms with Crippen molar-refractivity contribution in [2.75, 3.05) is 0 Å². The maximum Gasteiger partial charge on any atom is 0.307 e. The zero-order valence-corrected chi connectivity index (χ0v) is 9.96. The van der Waals surface area contributed by atoms with Crippen LogP contribution in [0.15, 0.2) is 16.8 Å². The zero-order chi connectivity index (χ0) is 13.0. The molecule has 1 aliphatic rings. The molecule has 1 heterocycles. The number of rotatable bonds is 4. The highest BCUT2D eigenvalue weighted by Gasteiger charge is 2.35. The molecule has 6 heteroatoms. The van der Waals surface area contributed by atoms with Crippen molar-refractivity contribution in [1.29, 1.82) is 0 Å². The minimum atomic E-state index is -0.880. The van der Waals surface area contributed by atoms with Gasteiger partial charge in [-0.3, -0.25) is 9.59 Å². The zero-order valence-electron chi connectivity index (χ0n) is 9.96. The van der Waals surface area contributed by atoms with E-state index < -0.39 is 17.8 Å². The van der Waals surface area contributed by atoms with Crippen molar-refractivity contribution in [3.63, 3.8) is 0 Å². The van der Waals surface area contributed by atoms with Gasteiger partial charge in [-0.1, -0.05) is 18.0 Å². The average Bonchev–Trinajstić information content (AvgIpc) is 2.89. The lowest BCUT2D eigenvalue weighted by Crippen LogP contribution is -2.39. The van der Waals surface area contributed by atoms with E-state index in [1.165, 1.54) is 6.20 Å². The van der Waals surface area contributed by atoms with Gasteiger partial charge < -0.3 is 14.9 Å². The highest BCUT2D eigenvalue weighted by molar-refractivity contribution is 5.84. The maximum atomic E-state index is 12.0. The van der Waals surface area contributed by atoms with Crippen molar-refractivity contribution in [3.8, 4) is 0 Å². The molecule has 1 aromatic heterocycles. The minimum Gasteiger partial charge on any atom is -0.481 e. The Morgan fingerprint density at radius 3 is 2.72 bits per heavy atom. The lowest BCUT2D eigenvalue weighted by Gasteiger charge is -2.27. The topological polar surface area (TPSA) is 92.4 Å². The van der Waals surface area contributed by atoms with Crippen LogP contribution < -0.4 is 5.32 Å². The van der Waals surface area contributed by atoms with Crippen molar-refractivity contribution in [1.82, 2.24) is 10.5 Å². The highest BCUT2D eigenvalue weighted by Crippen LogP contribution is 2.30. The van der Waals surface area contributed by atoms with Gasteiger partial charge in [0.25, 0.3) is 0 Å². The second kappa shape index (κ2) is 5.66. The van der Waals surface area contributed by atoms with Gasteiger partial charge in [0.15, 0.2) is 5.76 Å². The van der Waals surface area contributed by atoms with Crippen LogP contribution in [0.25, 0.3) is 0 Å². The number of aromatic nitrogens is 1. The highest BCUT2D eigenvalue weighted by atomic mass is 16.5. The SMILES string of the molecule is O=C(O)C1CCCCC1C(=O)NCc1ccno1. The first-order valence-corrected chi connectivity index (χ1v) is 6.08. The van der Waals surface area contributed by atoms with E-state index in [4.69, 9.17) is 9.63 Å². The Morgan fingerprint density at radius 2 is 2.11 bits per heavy atom. The summed E-state index contributed by atoms with van der Waals surface area (Å²) in [5, 5.41) is 15.3. The van der Waals surface area contributed by atoms with E-state index in [1.807, 2.05) is 0 Å². The Balaban J connectivity index is 1.92. The predicted molar refractivity (Wildman–Crippen MR) is 61.4 cm³/mol. The molecular weight excluding hydrogens is 236 g/mol. The fourth-order valence-electron chi connectivity index (χ4n) is 2.38. The summed E-state index contributed by atoms with van der Waals surface area (Å²) >= 11 is 0. The Hall–Kier alpha value is -1.85. The monoisotopic (exact) mass is 252 g/mol. The average molecular weight is 252 g/mol. The third-order valence-electron chi connectivity index (χ3n) is 3.35. The molecule has 0 aromatic carbocycles. The molecule has 18 heavy (non-hydrogen) atoms. The number of nitrogens with one attached hydrogen (secondary N) is 1. The molecule has 1 amide bonds. The van der Waals surface area contributed by atoms with Crippen molar-refractivity contribution in [3.05, 3.63) is 18.0 Å². The molecule has 1 aliphatic carbocycles. The number of hydrogen-bond donors (Lipinski definition) is 2. The van der Waals surface area contributed by atoms with E-state index in [9.17, 15) is 9.59 Å². The fourth-order valence-corrected chi connectivity index (χ4v) is 2.38. The first-order chi connectivity index (χ1) is 8.68. The molecule has 0 radical (unpaired) electrons. The molecule has 0 bridgehead atoms. The number of carbonyl (C=O) groups is 2. The summed E-state index contributed by atoms with van der Waals surface area (Å²) in [6.07, 6.45) is 4.50. The molecule has 2 unspecified atom stereocenters. The number of amides is 1.